The molecule has 1 fully saturated rings. The minimum Gasteiger partial charge on any atom is -0.508 e. The summed E-state index contributed by atoms with van der Waals surface area (Å²) in [5.74, 6) is 2.28. The van der Waals surface area contributed by atoms with E-state index in [1.165, 1.54) is 44.1 Å². The second-order valence-electron chi connectivity index (χ2n) is 5.12. The molecule has 1 saturated carbocycles. The first-order valence-corrected chi connectivity index (χ1v) is 6.57. The molecule has 0 radical (unpaired) electrons. The second-order valence-corrected chi connectivity index (χ2v) is 5.12. The maximum Gasteiger partial charge on any atom is 0.115 e. The first kappa shape index (κ1) is 11.5. The molecule has 2 unspecified atom stereocenters. The van der Waals surface area contributed by atoms with Gasteiger partial charge in [0.2, 0.25) is 0 Å². The van der Waals surface area contributed by atoms with Crippen LogP contribution in [0.15, 0.2) is 24.3 Å². The number of hydrogen-bond acceptors (Lipinski definition) is 1. The Morgan fingerprint density at radius 1 is 1.12 bits per heavy atom. The number of unbranched alkanes of at least 4 members (excludes halogenated alkanes) is 2. The van der Waals surface area contributed by atoms with Gasteiger partial charge in [0, 0.05) is 0 Å². The molecule has 1 aliphatic carbocycles. The Bertz CT molecular complexity index is 315. The van der Waals surface area contributed by atoms with Gasteiger partial charge >= 0.3 is 0 Å². The molecule has 0 aromatic heterocycles. The highest BCUT2D eigenvalue weighted by atomic mass is 16.3. The lowest BCUT2D eigenvalue weighted by Gasteiger charge is -2.01. The lowest BCUT2D eigenvalue weighted by atomic mass is 10.0. The minimum atomic E-state index is 0.374. The Morgan fingerprint density at radius 2 is 1.88 bits per heavy atom. The Labute approximate surface area is 98.5 Å². The first-order chi connectivity index (χ1) is 7.79. The molecule has 1 aromatic carbocycles. The molecular formula is C15H22O. The molecule has 1 nitrogen and oxygen atoms in total. The van der Waals surface area contributed by atoms with Gasteiger partial charge in [-0.25, -0.2) is 0 Å². The Balaban J connectivity index is 1.70. The average molecular weight is 218 g/mol. The van der Waals surface area contributed by atoms with E-state index in [2.05, 4.69) is 19.1 Å². The SMILES string of the molecule is CCCCCC1CC1Cc1ccc(O)cc1. The summed E-state index contributed by atoms with van der Waals surface area (Å²) in [4.78, 5) is 0. The number of aromatic hydroxyl groups is 1. The molecule has 0 amide bonds. The van der Waals surface area contributed by atoms with E-state index >= 15 is 0 Å². The molecule has 0 bridgehead atoms. The largest absolute Gasteiger partial charge is 0.508 e. The summed E-state index contributed by atoms with van der Waals surface area (Å²) in [6.07, 6.45) is 8.18. The maximum atomic E-state index is 9.20. The van der Waals surface area contributed by atoms with Crippen LogP contribution in [0, 0.1) is 11.8 Å². The zero-order chi connectivity index (χ0) is 11.4. The van der Waals surface area contributed by atoms with E-state index < -0.39 is 0 Å². The summed E-state index contributed by atoms with van der Waals surface area (Å²) in [7, 11) is 0. The van der Waals surface area contributed by atoms with Gasteiger partial charge < -0.3 is 5.11 Å². The Morgan fingerprint density at radius 3 is 2.56 bits per heavy atom. The van der Waals surface area contributed by atoms with Crippen molar-refractivity contribution < 1.29 is 5.11 Å². The van der Waals surface area contributed by atoms with Gasteiger partial charge in [-0.05, 0) is 42.4 Å². The van der Waals surface area contributed by atoms with Crippen molar-refractivity contribution in [3.63, 3.8) is 0 Å². The quantitative estimate of drug-likeness (QED) is 0.711. The Kier molecular flexibility index (Phi) is 3.87. The van der Waals surface area contributed by atoms with Crippen molar-refractivity contribution in [3.8, 4) is 5.75 Å². The van der Waals surface area contributed by atoms with Crippen molar-refractivity contribution in [2.75, 3.05) is 0 Å². The average Bonchev–Trinajstić information content (AvgIpc) is 3.01. The fourth-order valence-corrected chi connectivity index (χ4v) is 2.51. The van der Waals surface area contributed by atoms with Crippen LogP contribution in [0.3, 0.4) is 0 Å². The topological polar surface area (TPSA) is 20.2 Å². The molecule has 2 atom stereocenters. The van der Waals surface area contributed by atoms with Gasteiger partial charge in [0.05, 0.1) is 0 Å². The van der Waals surface area contributed by atoms with E-state index in [0.717, 1.165) is 11.8 Å². The predicted octanol–water partition coefficient (Wildman–Crippen LogP) is 4.15. The molecule has 0 aliphatic heterocycles. The zero-order valence-electron chi connectivity index (χ0n) is 10.2. The van der Waals surface area contributed by atoms with Crippen molar-refractivity contribution in [1.29, 1.82) is 0 Å². The molecular weight excluding hydrogens is 196 g/mol. The van der Waals surface area contributed by atoms with E-state index in [9.17, 15) is 5.11 Å². The van der Waals surface area contributed by atoms with E-state index in [0.29, 0.717) is 5.75 Å². The number of phenols is 1. The molecule has 1 aromatic rings. The van der Waals surface area contributed by atoms with Gasteiger partial charge in [-0.3, -0.25) is 0 Å². The van der Waals surface area contributed by atoms with Gasteiger partial charge in [-0.15, -0.1) is 0 Å². The van der Waals surface area contributed by atoms with Crippen molar-refractivity contribution in [3.05, 3.63) is 29.8 Å². The van der Waals surface area contributed by atoms with Gasteiger partial charge in [0.25, 0.3) is 0 Å². The normalized spacial score (nSPS) is 23.3. The third-order valence-corrected chi connectivity index (χ3v) is 3.68. The molecule has 16 heavy (non-hydrogen) atoms. The summed E-state index contributed by atoms with van der Waals surface area (Å²) in [5, 5.41) is 9.20. The molecule has 0 heterocycles. The van der Waals surface area contributed by atoms with E-state index in [1.807, 2.05) is 0 Å². The fraction of sp³-hybridized carbons (Fsp3) is 0.600. The third kappa shape index (κ3) is 3.26. The number of phenolic OH excluding ortho intramolecular Hbond substituents is 1. The number of hydrogen-bond donors (Lipinski definition) is 1. The predicted molar refractivity (Wildman–Crippen MR) is 67.5 cm³/mol. The minimum absolute atomic E-state index is 0.374. The molecule has 88 valence electrons. The van der Waals surface area contributed by atoms with Crippen LogP contribution in [-0.4, -0.2) is 5.11 Å². The van der Waals surface area contributed by atoms with Crippen molar-refractivity contribution in [2.45, 2.75) is 45.4 Å². The standard InChI is InChI=1S/C15H22O/c1-2-3-4-5-13-11-14(13)10-12-6-8-15(16)9-7-12/h6-9,13-14,16H,2-5,10-11H2,1H3. The third-order valence-electron chi connectivity index (χ3n) is 3.68. The van der Waals surface area contributed by atoms with E-state index in [-0.39, 0.29) is 0 Å². The van der Waals surface area contributed by atoms with Crippen LogP contribution in [0.1, 0.15) is 44.6 Å². The summed E-state index contributed by atoms with van der Waals surface area (Å²) in [6, 6.07) is 7.70. The lowest BCUT2D eigenvalue weighted by Crippen LogP contribution is -1.90. The lowest BCUT2D eigenvalue weighted by molar-refractivity contribution is 0.475. The van der Waals surface area contributed by atoms with Gasteiger partial charge in [-0.1, -0.05) is 44.7 Å². The number of rotatable bonds is 6. The molecule has 1 heteroatoms. The monoisotopic (exact) mass is 218 g/mol. The summed E-state index contributed by atoms with van der Waals surface area (Å²) in [6.45, 7) is 2.26. The van der Waals surface area contributed by atoms with Crippen LogP contribution < -0.4 is 0 Å². The van der Waals surface area contributed by atoms with Crippen LogP contribution >= 0.6 is 0 Å². The summed E-state index contributed by atoms with van der Waals surface area (Å²) in [5.41, 5.74) is 1.38. The first-order valence-electron chi connectivity index (χ1n) is 6.57. The summed E-state index contributed by atoms with van der Waals surface area (Å²) < 4.78 is 0. The molecule has 1 aliphatic rings. The van der Waals surface area contributed by atoms with Crippen LogP contribution in [-0.2, 0) is 6.42 Å². The highest BCUT2D eigenvalue weighted by molar-refractivity contribution is 5.26. The van der Waals surface area contributed by atoms with Gasteiger partial charge in [0.1, 0.15) is 5.75 Å². The van der Waals surface area contributed by atoms with E-state index in [1.54, 1.807) is 12.1 Å². The van der Waals surface area contributed by atoms with E-state index in [4.69, 9.17) is 0 Å². The highest BCUT2D eigenvalue weighted by Crippen LogP contribution is 2.44. The van der Waals surface area contributed by atoms with Crippen molar-refractivity contribution in [1.82, 2.24) is 0 Å². The van der Waals surface area contributed by atoms with Crippen LogP contribution in [0.25, 0.3) is 0 Å². The Hall–Kier alpha value is -0.980. The van der Waals surface area contributed by atoms with Crippen molar-refractivity contribution in [2.24, 2.45) is 11.8 Å². The van der Waals surface area contributed by atoms with Crippen LogP contribution in [0.2, 0.25) is 0 Å². The number of benzene rings is 1. The van der Waals surface area contributed by atoms with Gasteiger partial charge in [-0.2, -0.15) is 0 Å². The molecule has 0 saturated heterocycles. The van der Waals surface area contributed by atoms with Gasteiger partial charge in [0.15, 0.2) is 0 Å². The maximum absolute atomic E-state index is 9.20. The molecule has 1 N–H and O–H groups in total. The second kappa shape index (κ2) is 5.38. The zero-order valence-corrected chi connectivity index (χ0v) is 10.2. The smallest absolute Gasteiger partial charge is 0.115 e. The van der Waals surface area contributed by atoms with Crippen LogP contribution in [0.4, 0.5) is 0 Å². The molecule has 0 spiro atoms. The summed E-state index contributed by atoms with van der Waals surface area (Å²) >= 11 is 0. The van der Waals surface area contributed by atoms with Crippen LogP contribution in [0.5, 0.6) is 5.75 Å². The van der Waals surface area contributed by atoms with Crippen molar-refractivity contribution >= 4 is 0 Å². The fourth-order valence-electron chi connectivity index (χ4n) is 2.51. The highest BCUT2D eigenvalue weighted by Gasteiger charge is 2.35. The molecule has 2 rings (SSSR count).